The van der Waals surface area contributed by atoms with Crippen LogP contribution in [0.15, 0.2) is 76.3 Å². The van der Waals surface area contributed by atoms with Gasteiger partial charge in [0.2, 0.25) is 5.91 Å². The van der Waals surface area contributed by atoms with Crippen LogP contribution in [0, 0.1) is 0 Å². The van der Waals surface area contributed by atoms with Gasteiger partial charge in [0.25, 0.3) is 10.0 Å². The monoisotopic (exact) mass is 444 g/mol. The van der Waals surface area contributed by atoms with Crippen molar-refractivity contribution in [3.63, 3.8) is 0 Å². The Kier molecular flexibility index (Phi) is 7.12. The molecule has 0 radical (unpaired) electrons. The van der Waals surface area contributed by atoms with Gasteiger partial charge in [-0.1, -0.05) is 55.5 Å². The van der Waals surface area contributed by atoms with Crippen LogP contribution in [0.3, 0.4) is 0 Å². The number of carbonyl (C=O) groups is 1. The van der Waals surface area contributed by atoms with Gasteiger partial charge in [0.1, 0.15) is 16.5 Å². The van der Waals surface area contributed by atoms with Crippen LogP contribution in [0.4, 0.5) is 5.69 Å². The Labute approximate surface area is 181 Å². The molecule has 0 aliphatic carbocycles. The highest BCUT2D eigenvalue weighted by Crippen LogP contribution is 2.33. The SMILES string of the molecule is COc1ccccc1N(CC(=O)NCC(C)c1ccccc1)S(=O)(=O)c1cccs1. The summed E-state index contributed by atoms with van der Waals surface area (Å²) in [6, 6.07) is 19.8. The predicted octanol–water partition coefficient (Wildman–Crippen LogP) is 3.87. The summed E-state index contributed by atoms with van der Waals surface area (Å²) in [6.07, 6.45) is 0. The summed E-state index contributed by atoms with van der Waals surface area (Å²) in [5.74, 6) is 0.0932. The number of rotatable bonds is 9. The fourth-order valence-corrected chi connectivity index (χ4v) is 5.54. The molecule has 1 atom stereocenters. The zero-order chi connectivity index (χ0) is 21.6. The normalized spacial score (nSPS) is 12.2. The van der Waals surface area contributed by atoms with E-state index in [1.807, 2.05) is 37.3 Å². The lowest BCUT2D eigenvalue weighted by atomic mass is 10.0. The molecule has 8 heteroatoms. The minimum absolute atomic E-state index is 0.101. The summed E-state index contributed by atoms with van der Waals surface area (Å²) in [5, 5.41) is 4.54. The maximum absolute atomic E-state index is 13.3. The summed E-state index contributed by atoms with van der Waals surface area (Å²) in [5.41, 5.74) is 1.42. The zero-order valence-corrected chi connectivity index (χ0v) is 18.4. The third-order valence-electron chi connectivity index (χ3n) is 4.65. The zero-order valence-electron chi connectivity index (χ0n) is 16.8. The molecule has 1 amide bonds. The van der Waals surface area contributed by atoms with E-state index in [9.17, 15) is 13.2 Å². The molecule has 0 aliphatic rings. The Morgan fingerprint density at radius 2 is 1.77 bits per heavy atom. The molecule has 6 nitrogen and oxygen atoms in total. The molecule has 0 saturated heterocycles. The molecule has 0 saturated carbocycles. The molecule has 3 rings (SSSR count). The van der Waals surface area contributed by atoms with Gasteiger partial charge in [-0.15, -0.1) is 11.3 Å². The van der Waals surface area contributed by atoms with Crippen LogP contribution < -0.4 is 14.4 Å². The number of thiophene rings is 1. The van der Waals surface area contributed by atoms with Crippen molar-refractivity contribution in [1.29, 1.82) is 0 Å². The van der Waals surface area contributed by atoms with Crippen LogP contribution in [0.1, 0.15) is 18.4 Å². The number of nitrogens with one attached hydrogen (secondary N) is 1. The first kappa shape index (κ1) is 21.9. The van der Waals surface area contributed by atoms with E-state index in [0.717, 1.165) is 21.2 Å². The number of para-hydroxylation sites is 2. The van der Waals surface area contributed by atoms with E-state index in [2.05, 4.69) is 5.32 Å². The van der Waals surface area contributed by atoms with E-state index in [1.54, 1.807) is 35.7 Å². The molecule has 1 aromatic heterocycles. The number of nitrogens with zero attached hydrogens (tertiary/aromatic N) is 1. The van der Waals surface area contributed by atoms with Crippen molar-refractivity contribution in [2.24, 2.45) is 0 Å². The largest absolute Gasteiger partial charge is 0.495 e. The summed E-state index contributed by atoms with van der Waals surface area (Å²) < 4.78 is 33.1. The standard InChI is InChI=1S/C22H24N2O4S2/c1-17(18-9-4-3-5-10-18)15-23-21(25)16-24(19-11-6-7-12-20(19)28-2)30(26,27)22-13-8-14-29-22/h3-14,17H,15-16H2,1-2H3,(H,23,25). The van der Waals surface area contributed by atoms with Crippen molar-refractivity contribution in [3.8, 4) is 5.75 Å². The number of hydrogen-bond acceptors (Lipinski definition) is 5. The maximum Gasteiger partial charge on any atom is 0.274 e. The molecule has 0 bridgehead atoms. The van der Waals surface area contributed by atoms with Gasteiger partial charge in [-0.05, 0) is 35.1 Å². The number of amides is 1. The van der Waals surface area contributed by atoms with Crippen LogP contribution in [-0.4, -0.2) is 34.5 Å². The molecule has 2 aromatic carbocycles. The molecule has 1 heterocycles. The number of methoxy groups -OCH3 is 1. The average molecular weight is 445 g/mol. The molecule has 0 fully saturated rings. The second-order valence-electron chi connectivity index (χ2n) is 6.73. The fraction of sp³-hybridized carbons (Fsp3) is 0.227. The lowest BCUT2D eigenvalue weighted by molar-refractivity contribution is -0.119. The topological polar surface area (TPSA) is 75.7 Å². The van der Waals surface area contributed by atoms with Crippen molar-refractivity contribution in [2.45, 2.75) is 17.1 Å². The molecule has 1 N–H and O–H groups in total. The van der Waals surface area contributed by atoms with E-state index in [1.165, 1.54) is 13.2 Å². The Bertz CT molecular complexity index is 1070. The van der Waals surface area contributed by atoms with Gasteiger partial charge >= 0.3 is 0 Å². The van der Waals surface area contributed by atoms with E-state index < -0.39 is 10.0 Å². The van der Waals surface area contributed by atoms with Gasteiger partial charge in [0.15, 0.2) is 0 Å². The highest BCUT2D eigenvalue weighted by molar-refractivity contribution is 7.94. The fourth-order valence-electron chi connectivity index (χ4n) is 3.01. The van der Waals surface area contributed by atoms with Gasteiger partial charge < -0.3 is 10.1 Å². The minimum atomic E-state index is -3.92. The van der Waals surface area contributed by atoms with Crippen LogP contribution in [0.5, 0.6) is 5.75 Å². The number of carbonyl (C=O) groups excluding carboxylic acids is 1. The van der Waals surface area contributed by atoms with Crippen molar-refractivity contribution in [2.75, 3.05) is 24.5 Å². The third kappa shape index (κ3) is 5.01. The van der Waals surface area contributed by atoms with Gasteiger partial charge in [0, 0.05) is 6.54 Å². The third-order valence-corrected chi connectivity index (χ3v) is 7.79. The maximum atomic E-state index is 13.3. The molecular formula is C22H24N2O4S2. The number of hydrogen-bond donors (Lipinski definition) is 1. The first-order valence-electron chi connectivity index (χ1n) is 9.44. The van der Waals surface area contributed by atoms with Gasteiger partial charge in [0.05, 0.1) is 12.8 Å². The second kappa shape index (κ2) is 9.77. The van der Waals surface area contributed by atoms with Gasteiger partial charge in [-0.3, -0.25) is 9.10 Å². The molecule has 30 heavy (non-hydrogen) atoms. The molecule has 0 spiro atoms. The Morgan fingerprint density at radius 3 is 2.43 bits per heavy atom. The number of anilines is 1. The summed E-state index contributed by atoms with van der Waals surface area (Å²) in [7, 11) is -2.45. The highest BCUT2D eigenvalue weighted by atomic mass is 32.2. The molecule has 0 aliphatic heterocycles. The van der Waals surface area contributed by atoms with Gasteiger partial charge in [-0.25, -0.2) is 8.42 Å². The highest BCUT2D eigenvalue weighted by Gasteiger charge is 2.30. The Balaban J connectivity index is 1.81. The number of ether oxygens (including phenoxy) is 1. The first-order valence-corrected chi connectivity index (χ1v) is 11.8. The lowest BCUT2D eigenvalue weighted by Crippen LogP contribution is -2.41. The first-order chi connectivity index (χ1) is 14.4. The quantitative estimate of drug-likeness (QED) is 0.544. The molecule has 1 unspecified atom stereocenters. The van der Waals surface area contributed by atoms with E-state index >= 15 is 0 Å². The second-order valence-corrected chi connectivity index (χ2v) is 9.77. The van der Waals surface area contributed by atoms with Crippen molar-refractivity contribution < 1.29 is 17.9 Å². The minimum Gasteiger partial charge on any atom is -0.495 e. The average Bonchev–Trinajstić information content (AvgIpc) is 3.32. The predicted molar refractivity (Wildman–Crippen MR) is 120 cm³/mol. The summed E-state index contributed by atoms with van der Waals surface area (Å²) in [4.78, 5) is 12.7. The van der Waals surface area contributed by atoms with Crippen molar-refractivity contribution in [1.82, 2.24) is 5.32 Å². The molecule has 158 valence electrons. The molecule has 3 aromatic rings. The van der Waals surface area contributed by atoms with Crippen LogP contribution in [0.25, 0.3) is 0 Å². The lowest BCUT2D eigenvalue weighted by Gasteiger charge is -2.25. The van der Waals surface area contributed by atoms with Crippen LogP contribution in [-0.2, 0) is 14.8 Å². The van der Waals surface area contributed by atoms with Crippen molar-refractivity contribution >= 4 is 33.0 Å². The Morgan fingerprint density at radius 1 is 1.07 bits per heavy atom. The summed E-state index contributed by atoms with van der Waals surface area (Å²) in [6.45, 7) is 2.07. The van der Waals surface area contributed by atoms with Crippen LogP contribution >= 0.6 is 11.3 Å². The Hall–Kier alpha value is -2.84. The summed E-state index contributed by atoms with van der Waals surface area (Å²) >= 11 is 1.11. The van der Waals surface area contributed by atoms with Crippen LogP contribution in [0.2, 0.25) is 0 Å². The van der Waals surface area contributed by atoms with E-state index in [-0.39, 0.29) is 22.6 Å². The van der Waals surface area contributed by atoms with E-state index in [0.29, 0.717) is 18.0 Å². The number of sulfonamides is 1. The molecular weight excluding hydrogens is 420 g/mol. The van der Waals surface area contributed by atoms with E-state index in [4.69, 9.17) is 4.74 Å². The smallest absolute Gasteiger partial charge is 0.274 e. The van der Waals surface area contributed by atoms with Gasteiger partial charge in [-0.2, -0.15) is 0 Å². The number of benzene rings is 2. The van der Waals surface area contributed by atoms with Crippen molar-refractivity contribution in [3.05, 3.63) is 77.7 Å².